The average Bonchev–Trinajstić information content (AvgIpc) is 2.14. The predicted molar refractivity (Wildman–Crippen MR) is 66.8 cm³/mol. The lowest BCUT2D eigenvalue weighted by Crippen LogP contribution is -2.39. The molecule has 4 nitrogen and oxygen atoms in total. The van der Waals surface area contributed by atoms with Crippen molar-refractivity contribution in [1.82, 2.24) is 0 Å². The molecule has 0 fully saturated rings. The van der Waals surface area contributed by atoms with E-state index in [1.807, 2.05) is 28.1 Å². The van der Waals surface area contributed by atoms with Crippen molar-refractivity contribution >= 4 is 13.7 Å². The summed E-state index contributed by atoms with van der Waals surface area (Å²) in [7, 11) is 4.47. The Bertz CT molecular complexity index is 190. The van der Waals surface area contributed by atoms with Crippen molar-refractivity contribution in [2.24, 2.45) is 5.73 Å². The van der Waals surface area contributed by atoms with Gasteiger partial charge in [0, 0.05) is 6.54 Å². The molecule has 15 heavy (non-hydrogen) atoms. The van der Waals surface area contributed by atoms with Gasteiger partial charge in [0.1, 0.15) is 14.7 Å². The first kappa shape index (κ1) is 17.1. The van der Waals surface area contributed by atoms with Gasteiger partial charge < -0.3 is 15.1 Å². The first-order valence-electron chi connectivity index (χ1n) is 4.89. The van der Waals surface area contributed by atoms with Crippen LogP contribution in [0.5, 0.6) is 0 Å². The van der Waals surface area contributed by atoms with Crippen LogP contribution in [0.1, 0.15) is 6.92 Å². The van der Waals surface area contributed by atoms with E-state index in [1.165, 1.54) is 0 Å². The molecule has 1 atom stereocenters. The van der Waals surface area contributed by atoms with Crippen molar-refractivity contribution in [1.29, 1.82) is 0 Å². The van der Waals surface area contributed by atoms with Crippen molar-refractivity contribution in [3.8, 4) is 0 Å². The van der Waals surface area contributed by atoms with Gasteiger partial charge >= 0.3 is 0 Å². The molecule has 1 unspecified atom stereocenters. The molecule has 0 aliphatic rings. The van der Waals surface area contributed by atoms with Gasteiger partial charge in [-0.15, -0.1) is 6.58 Å². The second-order valence-electron chi connectivity index (χ2n) is 4.08. The first-order valence-corrected chi connectivity index (χ1v) is 6.37. The number of carbonyl (C=O) groups is 1. The smallest absolute Gasteiger partial charge is 0.234 e. The topological polar surface area (TPSA) is 63.3 Å². The van der Waals surface area contributed by atoms with Crippen LogP contribution in [0.15, 0.2) is 12.7 Å². The molecule has 0 saturated carbocycles. The molecule has 0 amide bonds. The number of nitrogens with two attached hydrogens (primary N) is 1. The molecule has 0 spiro atoms. The van der Waals surface area contributed by atoms with Crippen molar-refractivity contribution in [3.05, 3.63) is 12.7 Å². The third-order valence-corrected chi connectivity index (χ3v) is 2.68. The average molecular weight is 235 g/mol. The minimum Gasteiger partial charge on any atom is -0.366 e. The number of likely N-dealkylation sites (N-methyl/N-ethyl adjacent to an activating group) is 1. The molecule has 0 bridgehead atoms. The van der Waals surface area contributed by atoms with Crippen LogP contribution in [0, 0.1) is 0 Å². The molecule has 0 aromatic rings. The fourth-order valence-electron chi connectivity index (χ4n) is 0.664. The Kier molecular flexibility index (Phi) is 10.3. The molecule has 90 valence electrons. The highest BCUT2D eigenvalue weighted by Crippen LogP contribution is 2.30. The largest absolute Gasteiger partial charge is 0.366 e. The molecule has 0 heterocycles. The third-order valence-electron chi connectivity index (χ3n) is 1.36. The zero-order valence-electron chi connectivity index (χ0n) is 10.2. The van der Waals surface area contributed by atoms with Crippen LogP contribution in [-0.2, 0) is 4.79 Å². The second kappa shape index (κ2) is 8.98. The highest BCUT2D eigenvalue weighted by Gasteiger charge is 2.20. The molecular weight excluding hydrogens is 211 g/mol. The van der Waals surface area contributed by atoms with Gasteiger partial charge in [-0.2, -0.15) is 0 Å². The molecule has 0 aromatic heterocycles. The van der Waals surface area contributed by atoms with Crippen LogP contribution >= 0.6 is 8.15 Å². The number of rotatable bonds is 5. The predicted octanol–water partition coefficient (Wildman–Crippen LogP) is 0.759. The quantitative estimate of drug-likeness (QED) is 0.420. The fraction of sp³-hybridized carbons (Fsp3) is 0.700. The molecule has 0 aliphatic heterocycles. The third kappa shape index (κ3) is 13.7. The van der Waals surface area contributed by atoms with Crippen molar-refractivity contribution < 1.29 is 14.2 Å². The van der Waals surface area contributed by atoms with E-state index in [0.29, 0.717) is 23.7 Å². The van der Waals surface area contributed by atoms with Gasteiger partial charge in [-0.3, -0.25) is 4.79 Å². The summed E-state index contributed by atoms with van der Waals surface area (Å²) in [5.74, 6) is 0. The van der Waals surface area contributed by atoms with Crippen LogP contribution in [0.25, 0.3) is 0 Å². The molecule has 0 radical (unpaired) electrons. The van der Waals surface area contributed by atoms with Gasteiger partial charge in [-0.25, -0.2) is 0 Å². The lowest BCUT2D eigenvalue weighted by Gasteiger charge is -2.23. The van der Waals surface area contributed by atoms with E-state index in [4.69, 9.17) is 5.73 Å². The number of quaternary nitrogens is 1. The molecule has 3 N–H and O–H groups in total. The maximum atomic E-state index is 11.2. The van der Waals surface area contributed by atoms with Crippen LogP contribution in [0.3, 0.4) is 0 Å². The minimum absolute atomic E-state index is 0.00463. The zero-order valence-corrected chi connectivity index (χ0v) is 11.1. The maximum Gasteiger partial charge on any atom is 0.234 e. The van der Waals surface area contributed by atoms with Gasteiger partial charge in [0.2, 0.25) is 5.52 Å². The molecule has 0 saturated heterocycles. The summed E-state index contributed by atoms with van der Waals surface area (Å²) < 4.78 is 0.595. The van der Waals surface area contributed by atoms with Gasteiger partial charge in [-0.05, 0) is 6.16 Å². The van der Waals surface area contributed by atoms with Crippen molar-refractivity contribution in [3.63, 3.8) is 0 Å². The van der Waals surface area contributed by atoms with E-state index in [9.17, 15) is 9.69 Å². The summed E-state index contributed by atoms with van der Waals surface area (Å²) in [4.78, 5) is 20.3. The Morgan fingerprint density at radius 2 is 1.93 bits per heavy atom. The zero-order chi connectivity index (χ0) is 12.5. The number of carbonyl (C=O) groups excluding carboxylic acids is 1. The summed E-state index contributed by atoms with van der Waals surface area (Å²) in [6, 6.07) is 0. The number of nitrogens with zero attached hydrogens (tertiary/aromatic N) is 1. The molecule has 0 rings (SSSR count). The summed E-state index contributed by atoms with van der Waals surface area (Å²) in [6.07, 6.45) is 2.23. The number of hydrogen-bond donors (Lipinski definition) is 2. The van der Waals surface area contributed by atoms with Gasteiger partial charge in [0.25, 0.3) is 0 Å². The summed E-state index contributed by atoms with van der Waals surface area (Å²) in [6.45, 7) is 6.20. The Balaban J connectivity index is 0. The van der Waals surface area contributed by atoms with E-state index in [1.54, 1.807) is 6.08 Å². The van der Waals surface area contributed by atoms with E-state index in [0.717, 1.165) is 0 Å². The lowest BCUT2D eigenvalue weighted by atomic mass is 10.5. The van der Waals surface area contributed by atoms with E-state index in [2.05, 4.69) is 6.58 Å². The summed E-state index contributed by atoms with van der Waals surface area (Å²) in [5, 5.41) is 0. The summed E-state index contributed by atoms with van der Waals surface area (Å²) in [5.41, 5.74) is 4.91. The highest BCUT2D eigenvalue weighted by atomic mass is 31.1. The van der Waals surface area contributed by atoms with Crippen molar-refractivity contribution in [2.45, 2.75) is 6.92 Å². The van der Waals surface area contributed by atoms with Gasteiger partial charge in [0.05, 0.1) is 21.1 Å². The monoisotopic (exact) mass is 235 g/mol. The normalized spacial score (nSPS) is 12.4. The number of hydrogen-bond acceptors (Lipinski definition) is 3. The van der Waals surface area contributed by atoms with Crippen molar-refractivity contribution in [2.75, 3.05) is 40.4 Å². The molecule has 0 aliphatic carbocycles. The lowest BCUT2D eigenvalue weighted by molar-refractivity contribution is -0.861. The molecule has 0 aromatic carbocycles. The van der Waals surface area contributed by atoms with Crippen LogP contribution in [-0.4, -0.2) is 55.3 Å². The van der Waals surface area contributed by atoms with Crippen LogP contribution in [0.4, 0.5) is 0 Å². The SMILES string of the molecule is C=CCN.CCP(O)C(=O)C[N+](C)(C)C. The van der Waals surface area contributed by atoms with Gasteiger partial charge in [-0.1, -0.05) is 13.0 Å². The fourth-order valence-corrected chi connectivity index (χ4v) is 1.60. The van der Waals surface area contributed by atoms with Gasteiger partial charge in [0.15, 0.2) is 0 Å². The van der Waals surface area contributed by atoms with E-state index in [-0.39, 0.29) is 5.52 Å². The highest BCUT2D eigenvalue weighted by molar-refractivity contribution is 7.69. The Hall–Kier alpha value is -0.280. The summed E-state index contributed by atoms with van der Waals surface area (Å²) >= 11 is 0. The Labute approximate surface area is 94.2 Å². The molecular formula is C10H24N2O2P+. The minimum atomic E-state index is -1.36. The maximum absolute atomic E-state index is 11.2. The first-order chi connectivity index (χ1) is 6.78. The second-order valence-corrected chi connectivity index (χ2v) is 6.01. The van der Waals surface area contributed by atoms with E-state index >= 15 is 0 Å². The standard InChI is InChI=1S/C7H17NO2P.C3H7N/c1-5-11(10)7(9)6-8(2,3)4;1-2-3-4/h10H,5-6H2,1-4H3;2H,1,3-4H2/q+1;. The molecule has 5 heteroatoms. The van der Waals surface area contributed by atoms with Crippen LogP contribution < -0.4 is 5.73 Å². The Morgan fingerprint density at radius 1 is 1.53 bits per heavy atom. The van der Waals surface area contributed by atoms with Crippen LogP contribution in [0.2, 0.25) is 0 Å². The van der Waals surface area contributed by atoms with E-state index < -0.39 is 8.15 Å². The Morgan fingerprint density at radius 3 is 2.13 bits per heavy atom.